The molecule has 0 aliphatic carbocycles. The molecule has 1 amide bonds. The number of amides is 1. The number of carboxylic acids is 1. The number of carbonyl (C=O) groups is 2. The molecule has 1 aromatic carbocycles. The molecule has 5 nitrogen and oxygen atoms in total. The number of likely N-dealkylation sites (N-methyl/N-ethyl adjacent to an activating group) is 1. The van der Waals surface area contributed by atoms with Crippen LogP contribution in [0.5, 0.6) is 0 Å². The maximum Gasteiger partial charge on any atom is 0.329 e. The molecule has 1 aromatic heterocycles. The van der Waals surface area contributed by atoms with Crippen molar-refractivity contribution in [3.8, 4) is 0 Å². The number of aromatic amines is 1. The van der Waals surface area contributed by atoms with Gasteiger partial charge in [-0.15, -0.1) is 0 Å². The highest BCUT2D eigenvalue weighted by atomic mass is 16.4. The van der Waals surface area contributed by atoms with Crippen molar-refractivity contribution in [3.63, 3.8) is 0 Å². The summed E-state index contributed by atoms with van der Waals surface area (Å²) in [6.07, 6.45) is 1.97. The predicted octanol–water partition coefficient (Wildman–Crippen LogP) is 2.03. The van der Waals surface area contributed by atoms with Gasteiger partial charge < -0.3 is 15.0 Å². The Bertz CT molecular complexity index is 658. The van der Waals surface area contributed by atoms with Crippen molar-refractivity contribution in [1.82, 2.24) is 9.88 Å². The molecular formula is C15H18N2O3. The largest absolute Gasteiger partial charge is 0.480 e. The molecule has 2 N–H and O–H groups in total. The first-order valence-electron chi connectivity index (χ1n) is 6.39. The number of para-hydroxylation sites is 1. The SMILES string of the molecule is CN(C(=O)Cc1c[nH]c2ccccc12)C(C)(C)C(=O)O. The lowest BCUT2D eigenvalue weighted by Gasteiger charge is -2.31. The average Bonchev–Trinajstić information content (AvgIpc) is 2.81. The molecule has 2 rings (SSSR count). The molecule has 0 saturated heterocycles. The summed E-state index contributed by atoms with van der Waals surface area (Å²) in [4.78, 5) is 27.8. The van der Waals surface area contributed by atoms with Crippen molar-refractivity contribution in [2.75, 3.05) is 7.05 Å². The first kappa shape index (κ1) is 14.1. The number of aromatic nitrogens is 1. The quantitative estimate of drug-likeness (QED) is 0.896. The third-order valence-corrected chi connectivity index (χ3v) is 3.75. The second-order valence-corrected chi connectivity index (χ2v) is 5.35. The molecule has 0 atom stereocenters. The fourth-order valence-corrected chi connectivity index (χ4v) is 2.01. The summed E-state index contributed by atoms with van der Waals surface area (Å²) < 4.78 is 0. The van der Waals surface area contributed by atoms with Crippen LogP contribution in [0.1, 0.15) is 19.4 Å². The minimum absolute atomic E-state index is 0.178. The fourth-order valence-electron chi connectivity index (χ4n) is 2.01. The van der Waals surface area contributed by atoms with Gasteiger partial charge in [0.1, 0.15) is 5.54 Å². The average molecular weight is 274 g/mol. The van der Waals surface area contributed by atoms with Gasteiger partial charge in [-0.3, -0.25) is 4.79 Å². The van der Waals surface area contributed by atoms with Crippen LogP contribution >= 0.6 is 0 Å². The maximum absolute atomic E-state index is 12.3. The van der Waals surface area contributed by atoms with Crippen LogP contribution in [0, 0.1) is 0 Å². The van der Waals surface area contributed by atoms with E-state index in [0.717, 1.165) is 16.5 Å². The molecule has 0 spiro atoms. The number of nitrogens with zero attached hydrogens (tertiary/aromatic N) is 1. The van der Waals surface area contributed by atoms with E-state index in [-0.39, 0.29) is 12.3 Å². The molecule has 20 heavy (non-hydrogen) atoms. The second-order valence-electron chi connectivity index (χ2n) is 5.35. The Hall–Kier alpha value is -2.30. The number of hydrogen-bond acceptors (Lipinski definition) is 2. The van der Waals surface area contributed by atoms with Crippen molar-refractivity contribution in [1.29, 1.82) is 0 Å². The van der Waals surface area contributed by atoms with Crippen LogP contribution in [0.4, 0.5) is 0 Å². The maximum atomic E-state index is 12.3. The molecule has 106 valence electrons. The van der Waals surface area contributed by atoms with Gasteiger partial charge in [0.2, 0.25) is 5.91 Å². The Morgan fingerprint density at radius 2 is 1.95 bits per heavy atom. The van der Waals surface area contributed by atoms with Gasteiger partial charge in [0, 0.05) is 24.1 Å². The van der Waals surface area contributed by atoms with Crippen LogP contribution in [-0.2, 0) is 16.0 Å². The number of benzene rings is 1. The number of aliphatic carboxylic acids is 1. The molecule has 0 aliphatic heterocycles. The van der Waals surface area contributed by atoms with Crippen LogP contribution < -0.4 is 0 Å². The minimum atomic E-state index is -1.22. The Labute approximate surface area is 117 Å². The predicted molar refractivity (Wildman–Crippen MR) is 76.5 cm³/mol. The lowest BCUT2D eigenvalue weighted by molar-refractivity contribution is -0.155. The van der Waals surface area contributed by atoms with Crippen LogP contribution in [0.3, 0.4) is 0 Å². The van der Waals surface area contributed by atoms with E-state index >= 15 is 0 Å². The first-order chi connectivity index (χ1) is 9.34. The van der Waals surface area contributed by atoms with Crippen LogP contribution in [0.25, 0.3) is 10.9 Å². The van der Waals surface area contributed by atoms with E-state index in [4.69, 9.17) is 5.11 Å². The number of carbonyl (C=O) groups excluding carboxylic acids is 1. The zero-order valence-electron chi connectivity index (χ0n) is 11.8. The summed E-state index contributed by atoms with van der Waals surface area (Å²) in [6, 6.07) is 7.71. The van der Waals surface area contributed by atoms with Crippen molar-refractivity contribution in [2.24, 2.45) is 0 Å². The van der Waals surface area contributed by atoms with Gasteiger partial charge >= 0.3 is 5.97 Å². The zero-order chi connectivity index (χ0) is 14.9. The molecule has 0 bridgehead atoms. The van der Waals surface area contributed by atoms with E-state index in [2.05, 4.69) is 4.98 Å². The fraction of sp³-hybridized carbons (Fsp3) is 0.333. The Morgan fingerprint density at radius 3 is 2.60 bits per heavy atom. The van der Waals surface area contributed by atoms with Crippen molar-refractivity contribution < 1.29 is 14.7 Å². The molecule has 5 heteroatoms. The normalized spacial score (nSPS) is 11.6. The third kappa shape index (κ3) is 2.39. The van der Waals surface area contributed by atoms with E-state index < -0.39 is 11.5 Å². The van der Waals surface area contributed by atoms with Crippen molar-refractivity contribution >= 4 is 22.8 Å². The number of carboxylic acid groups (broad SMARTS) is 1. The third-order valence-electron chi connectivity index (χ3n) is 3.75. The first-order valence-corrected chi connectivity index (χ1v) is 6.39. The summed E-state index contributed by atoms with van der Waals surface area (Å²) in [5.41, 5.74) is 0.623. The van der Waals surface area contributed by atoms with E-state index in [0.29, 0.717) is 0 Å². The molecule has 1 heterocycles. The van der Waals surface area contributed by atoms with Gasteiger partial charge in [-0.2, -0.15) is 0 Å². The van der Waals surface area contributed by atoms with E-state index in [1.165, 1.54) is 25.8 Å². The van der Waals surface area contributed by atoms with E-state index in [1.54, 1.807) is 6.20 Å². The van der Waals surface area contributed by atoms with E-state index in [1.807, 2.05) is 24.3 Å². The van der Waals surface area contributed by atoms with Gasteiger partial charge in [-0.25, -0.2) is 4.79 Å². The van der Waals surface area contributed by atoms with Gasteiger partial charge in [-0.05, 0) is 25.5 Å². The van der Waals surface area contributed by atoms with Crippen LogP contribution in [0.15, 0.2) is 30.5 Å². The Balaban J connectivity index is 2.22. The molecule has 0 radical (unpaired) electrons. The van der Waals surface area contributed by atoms with Crippen molar-refractivity contribution in [2.45, 2.75) is 25.8 Å². The molecule has 0 unspecified atom stereocenters. The standard InChI is InChI=1S/C15H18N2O3/c1-15(2,14(19)20)17(3)13(18)8-10-9-16-12-7-5-4-6-11(10)12/h4-7,9,16H,8H2,1-3H3,(H,19,20). The summed E-state index contributed by atoms with van der Waals surface area (Å²) >= 11 is 0. The van der Waals surface area contributed by atoms with Crippen molar-refractivity contribution in [3.05, 3.63) is 36.0 Å². The zero-order valence-corrected chi connectivity index (χ0v) is 11.8. The van der Waals surface area contributed by atoms with Gasteiger partial charge in [0.25, 0.3) is 0 Å². The highest BCUT2D eigenvalue weighted by molar-refractivity contribution is 5.91. The van der Waals surface area contributed by atoms with Gasteiger partial charge in [-0.1, -0.05) is 18.2 Å². The summed E-state index contributed by atoms with van der Waals surface area (Å²) in [6.45, 7) is 3.03. The number of fused-ring (bicyclic) bond motifs is 1. The topological polar surface area (TPSA) is 73.4 Å². The van der Waals surface area contributed by atoms with Crippen LogP contribution in [0.2, 0.25) is 0 Å². The lowest BCUT2D eigenvalue weighted by Crippen LogP contribution is -2.51. The smallest absolute Gasteiger partial charge is 0.329 e. The second kappa shape index (κ2) is 5.00. The molecular weight excluding hydrogens is 256 g/mol. The summed E-state index contributed by atoms with van der Waals surface area (Å²) in [5, 5.41) is 10.1. The Morgan fingerprint density at radius 1 is 1.30 bits per heavy atom. The molecule has 0 aliphatic rings. The highest BCUT2D eigenvalue weighted by Crippen LogP contribution is 2.20. The minimum Gasteiger partial charge on any atom is -0.480 e. The molecule has 0 fully saturated rings. The van der Waals surface area contributed by atoms with E-state index in [9.17, 15) is 9.59 Å². The number of nitrogens with one attached hydrogen (secondary N) is 1. The Kier molecular flexibility index (Phi) is 3.53. The van der Waals surface area contributed by atoms with Gasteiger partial charge in [0.15, 0.2) is 0 Å². The van der Waals surface area contributed by atoms with Crippen LogP contribution in [-0.4, -0.2) is 39.5 Å². The summed E-state index contributed by atoms with van der Waals surface area (Å²) in [5.74, 6) is -1.24. The monoisotopic (exact) mass is 274 g/mol. The molecule has 0 saturated carbocycles. The lowest BCUT2D eigenvalue weighted by atomic mass is 10.0. The number of hydrogen-bond donors (Lipinski definition) is 2. The molecule has 2 aromatic rings. The number of rotatable bonds is 4. The number of H-pyrrole nitrogens is 1. The highest BCUT2D eigenvalue weighted by Gasteiger charge is 2.35. The van der Waals surface area contributed by atoms with Gasteiger partial charge in [0.05, 0.1) is 6.42 Å². The summed E-state index contributed by atoms with van der Waals surface area (Å²) in [7, 11) is 1.52.